The summed E-state index contributed by atoms with van der Waals surface area (Å²) < 4.78 is 1.59. The van der Waals surface area contributed by atoms with Crippen LogP contribution in [0, 0.1) is 12.8 Å². The molecular formula is C17H22N4O2. The highest BCUT2D eigenvalue weighted by molar-refractivity contribution is 5.77. The fourth-order valence-electron chi connectivity index (χ4n) is 3.41. The molecule has 2 heterocycles. The Morgan fingerprint density at radius 3 is 2.96 bits per heavy atom. The molecule has 3 N–H and O–H groups in total. The van der Waals surface area contributed by atoms with Gasteiger partial charge in [0.05, 0.1) is 11.6 Å². The summed E-state index contributed by atoms with van der Waals surface area (Å²) in [6.45, 7) is 2.35. The van der Waals surface area contributed by atoms with Gasteiger partial charge in [-0.3, -0.25) is 14.0 Å². The Morgan fingerprint density at radius 2 is 2.17 bits per heavy atom. The number of aryl methyl sites for hydroxylation is 1. The fourth-order valence-corrected chi connectivity index (χ4v) is 3.41. The minimum atomic E-state index is -0.246. The second-order valence-corrected chi connectivity index (χ2v) is 6.23. The zero-order valence-electron chi connectivity index (χ0n) is 13.3. The van der Waals surface area contributed by atoms with Crippen molar-refractivity contribution in [2.24, 2.45) is 11.7 Å². The Bertz CT molecular complexity index is 784. The normalized spacial score (nSPS) is 21.4. The molecule has 6 nitrogen and oxygen atoms in total. The lowest BCUT2D eigenvalue weighted by atomic mass is 9.84. The van der Waals surface area contributed by atoms with Crippen LogP contribution in [0.4, 0.5) is 0 Å². The molecule has 0 spiro atoms. The molecule has 6 heteroatoms. The van der Waals surface area contributed by atoms with E-state index >= 15 is 0 Å². The molecule has 0 aromatic carbocycles. The summed E-state index contributed by atoms with van der Waals surface area (Å²) in [5.74, 6) is -0.378. The summed E-state index contributed by atoms with van der Waals surface area (Å²) in [5.41, 5.74) is 7.60. The van der Waals surface area contributed by atoms with Gasteiger partial charge in [-0.05, 0) is 31.9 Å². The van der Waals surface area contributed by atoms with Gasteiger partial charge in [0.1, 0.15) is 5.65 Å². The third-order valence-corrected chi connectivity index (χ3v) is 4.61. The minimum absolute atomic E-state index is 0.0685. The SMILES string of the molecule is Cc1cccc2nc(CN[C@H]3CCCC[C@H]3C(N)=O)cc(=O)n12. The van der Waals surface area contributed by atoms with Gasteiger partial charge in [-0.1, -0.05) is 18.9 Å². The number of fused-ring (bicyclic) bond motifs is 1. The Labute approximate surface area is 134 Å². The lowest BCUT2D eigenvalue weighted by Gasteiger charge is -2.30. The van der Waals surface area contributed by atoms with Gasteiger partial charge >= 0.3 is 0 Å². The number of carbonyl (C=O) groups excluding carboxylic acids is 1. The molecule has 0 saturated heterocycles. The largest absolute Gasteiger partial charge is 0.369 e. The first-order valence-electron chi connectivity index (χ1n) is 8.07. The highest BCUT2D eigenvalue weighted by Crippen LogP contribution is 2.24. The summed E-state index contributed by atoms with van der Waals surface area (Å²) in [6, 6.07) is 7.21. The maximum absolute atomic E-state index is 12.3. The Balaban J connectivity index is 1.79. The summed E-state index contributed by atoms with van der Waals surface area (Å²) in [6.07, 6.45) is 3.90. The first kappa shape index (κ1) is 15.7. The Kier molecular flexibility index (Phi) is 4.43. The molecule has 0 radical (unpaired) electrons. The molecular weight excluding hydrogens is 292 g/mol. The van der Waals surface area contributed by atoms with E-state index in [0.717, 1.165) is 31.4 Å². The molecule has 1 aliphatic rings. The smallest absolute Gasteiger partial charge is 0.258 e. The third-order valence-electron chi connectivity index (χ3n) is 4.61. The molecule has 23 heavy (non-hydrogen) atoms. The summed E-state index contributed by atoms with van der Waals surface area (Å²) in [5, 5.41) is 3.36. The van der Waals surface area contributed by atoms with Crippen LogP contribution in [0.2, 0.25) is 0 Å². The molecule has 122 valence electrons. The number of nitrogens with two attached hydrogens (primary N) is 1. The number of pyridine rings is 1. The highest BCUT2D eigenvalue weighted by atomic mass is 16.1. The van der Waals surface area contributed by atoms with Gasteiger partial charge in [-0.15, -0.1) is 0 Å². The second-order valence-electron chi connectivity index (χ2n) is 6.23. The lowest BCUT2D eigenvalue weighted by Crippen LogP contribution is -2.44. The number of nitrogens with one attached hydrogen (secondary N) is 1. The van der Waals surface area contributed by atoms with Gasteiger partial charge in [0, 0.05) is 24.3 Å². The fraction of sp³-hybridized carbons (Fsp3) is 0.471. The standard InChI is InChI=1S/C17H22N4O2/c1-11-5-4-8-15-20-12(9-16(22)21(11)15)10-19-14-7-3-2-6-13(14)17(18)23/h4-5,8-9,13-14,19H,2-3,6-7,10H2,1H3,(H2,18,23)/t13-,14+/m1/s1. The van der Waals surface area contributed by atoms with E-state index in [1.54, 1.807) is 10.5 Å². The van der Waals surface area contributed by atoms with E-state index in [4.69, 9.17) is 5.73 Å². The van der Waals surface area contributed by atoms with Crippen LogP contribution < -0.4 is 16.6 Å². The minimum Gasteiger partial charge on any atom is -0.369 e. The quantitative estimate of drug-likeness (QED) is 0.885. The van der Waals surface area contributed by atoms with Crippen molar-refractivity contribution in [1.82, 2.24) is 14.7 Å². The van der Waals surface area contributed by atoms with E-state index in [-0.39, 0.29) is 23.4 Å². The van der Waals surface area contributed by atoms with Crippen molar-refractivity contribution in [2.75, 3.05) is 0 Å². The average Bonchev–Trinajstić information content (AvgIpc) is 2.53. The van der Waals surface area contributed by atoms with Crippen LogP contribution in [0.1, 0.15) is 37.1 Å². The van der Waals surface area contributed by atoms with Gasteiger partial charge in [0.25, 0.3) is 5.56 Å². The second kappa shape index (κ2) is 6.50. The van der Waals surface area contributed by atoms with Gasteiger partial charge in [0.15, 0.2) is 0 Å². The molecule has 0 aliphatic heterocycles. The van der Waals surface area contributed by atoms with Crippen molar-refractivity contribution in [1.29, 1.82) is 0 Å². The number of primary amides is 1. The van der Waals surface area contributed by atoms with Crippen LogP contribution in [0.15, 0.2) is 29.1 Å². The van der Waals surface area contributed by atoms with Crippen molar-refractivity contribution >= 4 is 11.6 Å². The predicted molar refractivity (Wildman–Crippen MR) is 88.0 cm³/mol. The first-order valence-corrected chi connectivity index (χ1v) is 8.07. The molecule has 1 fully saturated rings. The number of rotatable bonds is 4. The van der Waals surface area contributed by atoms with E-state index in [2.05, 4.69) is 10.3 Å². The van der Waals surface area contributed by atoms with Crippen LogP contribution >= 0.6 is 0 Å². The van der Waals surface area contributed by atoms with E-state index in [1.807, 2.05) is 25.1 Å². The third kappa shape index (κ3) is 3.27. The summed E-state index contributed by atoms with van der Waals surface area (Å²) in [7, 11) is 0. The number of amides is 1. The van der Waals surface area contributed by atoms with Crippen LogP contribution in [0.3, 0.4) is 0 Å². The average molecular weight is 314 g/mol. The van der Waals surface area contributed by atoms with E-state index in [0.29, 0.717) is 17.9 Å². The van der Waals surface area contributed by atoms with E-state index < -0.39 is 0 Å². The van der Waals surface area contributed by atoms with Crippen LogP contribution in [0.25, 0.3) is 5.65 Å². The molecule has 2 atom stereocenters. The topological polar surface area (TPSA) is 89.5 Å². The lowest BCUT2D eigenvalue weighted by molar-refractivity contribution is -0.123. The zero-order chi connectivity index (χ0) is 16.4. The van der Waals surface area contributed by atoms with Crippen molar-refractivity contribution in [3.8, 4) is 0 Å². The number of hydrogen-bond acceptors (Lipinski definition) is 4. The molecule has 2 aromatic rings. The van der Waals surface area contributed by atoms with Crippen molar-refractivity contribution in [3.05, 3.63) is 46.0 Å². The summed E-state index contributed by atoms with van der Waals surface area (Å²) in [4.78, 5) is 28.4. The Hall–Kier alpha value is -2.21. The highest BCUT2D eigenvalue weighted by Gasteiger charge is 2.28. The number of carbonyl (C=O) groups is 1. The zero-order valence-corrected chi connectivity index (χ0v) is 13.3. The molecule has 1 saturated carbocycles. The maximum Gasteiger partial charge on any atom is 0.258 e. The molecule has 3 rings (SSSR count). The van der Waals surface area contributed by atoms with Gasteiger partial charge in [0.2, 0.25) is 5.91 Å². The number of hydrogen-bond donors (Lipinski definition) is 2. The molecule has 0 bridgehead atoms. The van der Waals surface area contributed by atoms with Gasteiger partial charge < -0.3 is 11.1 Å². The van der Waals surface area contributed by atoms with Crippen molar-refractivity contribution in [2.45, 2.75) is 45.2 Å². The monoisotopic (exact) mass is 314 g/mol. The number of aromatic nitrogens is 2. The molecule has 1 aliphatic carbocycles. The molecule has 2 aromatic heterocycles. The predicted octanol–water partition coefficient (Wildman–Crippen LogP) is 1.14. The van der Waals surface area contributed by atoms with Crippen LogP contribution in [-0.4, -0.2) is 21.3 Å². The first-order chi connectivity index (χ1) is 11.1. The molecule has 0 unspecified atom stereocenters. The summed E-state index contributed by atoms with van der Waals surface area (Å²) >= 11 is 0. The van der Waals surface area contributed by atoms with Crippen LogP contribution in [-0.2, 0) is 11.3 Å². The van der Waals surface area contributed by atoms with Crippen molar-refractivity contribution < 1.29 is 4.79 Å². The van der Waals surface area contributed by atoms with E-state index in [1.165, 1.54) is 0 Å². The van der Waals surface area contributed by atoms with E-state index in [9.17, 15) is 9.59 Å². The molecule has 1 amide bonds. The Morgan fingerprint density at radius 1 is 1.39 bits per heavy atom. The van der Waals surface area contributed by atoms with Gasteiger partial charge in [-0.2, -0.15) is 0 Å². The van der Waals surface area contributed by atoms with Crippen molar-refractivity contribution in [3.63, 3.8) is 0 Å². The number of nitrogens with zero attached hydrogens (tertiary/aromatic N) is 2. The van der Waals surface area contributed by atoms with Gasteiger partial charge in [-0.25, -0.2) is 4.98 Å². The van der Waals surface area contributed by atoms with Crippen LogP contribution in [0.5, 0.6) is 0 Å². The maximum atomic E-state index is 12.3.